The summed E-state index contributed by atoms with van der Waals surface area (Å²) in [4.78, 5) is 23.6. The molecule has 146 valence electrons. The summed E-state index contributed by atoms with van der Waals surface area (Å²) in [6.45, 7) is 0. The standard InChI is InChI=1S/C22H21N5OS/c1-26(2)20-12-11-18-22(25-20)27(21(24-18)15-7-5-4-6-8-15)16-9-10-17(23-14-28)19(13-16)29-3/h4-14H,1-3H3,(H,23,28). The number of pyridine rings is 1. The van der Waals surface area contributed by atoms with Gasteiger partial charge in [0.2, 0.25) is 6.41 Å². The van der Waals surface area contributed by atoms with Gasteiger partial charge in [-0.25, -0.2) is 9.97 Å². The fraction of sp³-hybridized carbons (Fsp3) is 0.136. The number of benzene rings is 2. The van der Waals surface area contributed by atoms with Gasteiger partial charge in [0.05, 0.1) is 11.4 Å². The van der Waals surface area contributed by atoms with Crippen LogP contribution < -0.4 is 10.2 Å². The second kappa shape index (κ2) is 7.97. The number of fused-ring (bicyclic) bond motifs is 1. The molecule has 0 saturated carbocycles. The summed E-state index contributed by atoms with van der Waals surface area (Å²) < 4.78 is 2.07. The first-order chi connectivity index (χ1) is 14.1. The molecule has 0 radical (unpaired) electrons. The Labute approximate surface area is 173 Å². The van der Waals surface area contributed by atoms with E-state index >= 15 is 0 Å². The molecule has 2 aromatic carbocycles. The van der Waals surface area contributed by atoms with Gasteiger partial charge in [0, 0.05) is 24.6 Å². The number of hydrogen-bond donors (Lipinski definition) is 1. The van der Waals surface area contributed by atoms with Crippen LogP contribution in [0.4, 0.5) is 11.5 Å². The predicted octanol–water partition coefficient (Wildman–Crippen LogP) is 4.44. The first-order valence-electron chi connectivity index (χ1n) is 9.13. The van der Waals surface area contributed by atoms with Gasteiger partial charge in [0.1, 0.15) is 17.2 Å². The minimum absolute atomic E-state index is 0.696. The van der Waals surface area contributed by atoms with Gasteiger partial charge in [0.25, 0.3) is 0 Å². The maximum absolute atomic E-state index is 10.9. The van der Waals surface area contributed by atoms with Crippen molar-refractivity contribution >= 4 is 40.8 Å². The van der Waals surface area contributed by atoms with E-state index in [1.165, 1.54) is 0 Å². The van der Waals surface area contributed by atoms with E-state index < -0.39 is 0 Å². The molecule has 1 amide bonds. The van der Waals surface area contributed by atoms with Crippen molar-refractivity contribution in [1.82, 2.24) is 14.5 Å². The molecule has 0 bridgehead atoms. The number of imidazole rings is 1. The van der Waals surface area contributed by atoms with E-state index in [1.807, 2.05) is 85.9 Å². The Balaban J connectivity index is 2.00. The van der Waals surface area contributed by atoms with E-state index in [0.717, 1.165) is 44.6 Å². The van der Waals surface area contributed by atoms with Gasteiger partial charge in [-0.05, 0) is 36.6 Å². The molecular weight excluding hydrogens is 382 g/mol. The lowest BCUT2D eigenvalue weighted by molar-refractivity contribution is -0.105. The molecule has 2 aromatic heterocycles. The highest BCUT2D eigenvalue weighted by molar-refractivity contribution is 7.98. The van der Waals surface area contributed by atoms with Crippen molar-refractivity contribution in [3.05, 3.63) is 60.7 Å². The zero-order valence-corrected chi connectivity index (χ0v) is 17.3. The first kappa shape index (κ1) is 19.0. The third-order valence-electron chi connectivity index (χ3n) is 4.64. The van der Waals surface area contributed by atoms with Crippen LogP contribution in [0.2, 0.25) is 0 Å². The molecule has 4 aromatic rings. The monoisotopic (exact) mass is 403 g/mol. The average molecular weight is 404 g/mol. The molecule has 0 saturated heterocycles. The summed E-state index contributed by atoms with van der Waals surface area (Å²) in [6, 6.07) is 20.0. The van der Waals surface area contributed by atoms with Crippen LogP contribution in [0, 0.1) is 0 Å². The van der Waals surface area contributed by atoms with Crippen LogP contribution in [0.5, 0.6) is 0 Å². The molecule has 4 rings (SSSR count). The van der Waals surface area contributed by atoms with E-state index in [-0.39, 0.29) is 0 Å². The third kappa shape index (κ3) is 3.56. The Kier molecular flexibility index (Phi) is 5.22. The zero-order valence-electron chi connectivity index (χ0n) is 16.5. The summed E-state index contributed by atoms with van der Waals surface area (Å²) in [5.41, 5.74) is 4.35. The minimum Gasteiger partial charge on any atom is -0.363 e. The molecule has 0 unspecified atom stereocenters. The molecule has 6 nitrogen and oxygen atoms in total. The molecule has 0 aliphatic rings. The lowest BCUT2D eigenvalue weighted by Gasteiger charge is -2.14. The number of nitrogens with zero attached hydrogens (tertiary/aromatic N) is 4. The Morgan fingerprint density at radius 2 is 1.83 bits per heavy atom. The van der Waals surface area contributed by atoms with Crippen molar-refractivity contribution in [2.75, 3.05) is 30.6 Å². The number of carbonyl (C=O) groups is 1. The van der Waals surface area contributed by atoms with Crippen molar-refractivity contribution in [3.8, 4) is 17.1 Å². The summed E-state index contributed by atoms with van der Waals surface area (Å²) in [7, 11) is 3.94. The molecule has 2 heterocycles. The molecule has 0 fully saturated rings. The predicted molar refractivity (Wildman–Crippen MR) is 120 cm³/mol. The Morgan fingerprint density at radius 1 is 1.03 bits per heavy atom. The second-order valence-electron chi connectivity index (χ2n) is 6.69. The van der Waals surface area contributed by atoms with Crippen LogP contribution in [-0.4, -0.2) is 41.3 Å². The summed E-state index contributed by atoms with van der Waals surface area (Å²) in [5.74, 6) is 1.69. The lowest BCUT2D eigenvalue weighted by atomic mass is 10.2. The largest absolute Gasteiger partial charge is 0.363 e. The molecule has 29 heavy (non-hydrogen) atoms. The van der Waals surface area contributed by atoms with E-state index in [4.69, 9.17) is 9.97 Å². The number of anilines is 2. The highest BCUT2D eigenvalue weighted by Crippen LogP contribution is 2.33. The smallest absolute Gasteiger partial charge is 0.211 e. The topological polar surface area (TPSA) is 63.1 Å². The minimum atomic E-state index is 0.696. The Bertz CT molecular complexity index is 1170. The number of carbonyl (C=O) groups excluding carboxylic acids is 1. The van der Waals surface area contributed by atoms with Crippen molar-refractivity contribution in [2.24, 2.45) is 0 Å². The fourth-order valence-corrected chi connectivity index (χ4v) is 3.81. The maximum atomic E-state index is 10.9. The van der Waals surface area contributed by atoms with Crippen LogP contribution in [0.3, 0.4) is 0 Å². The number of hydrogen-bond acceptors (Lipinski definition) is 5. The van der Waals surface area contributed by atoms with E-state index in [1.54, 1.807) is 11.8 Å². The van der Waals surface area contributed by atoms with Crippen molar-refractivity contribution in [2.45, 2.75) is 4.90 Å². The first-order valence-corrected chi connectivity index (χ1v) is 10.4. The van der Waals surface area contributed by atoms with Crippen LogP contribution >= 0.6 is 11.8 Å². The van der Waals surface area contributed by atoms with Crippen molar-refractivity contribution < 1.29 is 4.79 Å². The number of thioether (sulfide) groups is 1. The molecule has 1 N–H and O–H groups in total. The van der Waals surface area contributed by atoms with Gasteiger partial charge in [-0.2, -0.15) is 0 Å². The van der Waals surface area contributed by atoms with E-state index in [0.29, 0.717) is 6.41 Å². The van der Waals surface area contributed by atoms with Crippen LogP contribution in [0.15, 0.2) is 65.6 Å². The lowest BCUT2D eigenvalue weighted by Crippen LogP contribution is -2.11. The summed E-state index contributed by atoms with van der Waals surface area (Å²) in [6.07, 6.45) is 2.68. The van der Waals surface area contributed by atoms with Crippen molar-refractivity contribution in [3.63, 3.8) is 0 Å². The molecule has 0 spiro atoms. The van der Waals surface area contributed by atoms with Crippen LogP contribution in [0.25, 0.3) is 28.2 Å². The van der Waals surface area contributed by atoms with Gasteiger partial charge in [-0.3, -0.25) is 9.36 Å². The molecular formula is C22H21N5OS. The molecule has 0 aliphatic carbocycles. The zero-order chi connectivity index (χ0) is 20.4. The molecule has 0 atom stereocenters. The SMILES string of the molecule is CSc1cc(-n2c(-c3ccccc3)nc3ccc(N(C)C)nc32)ccc1NC=O. The van der Waals surface area contributed by atoms with Gasteiger partial charge in [-0.1, -0.05) is 30.3 Å². The third-order valence-corrected chi connectivity index (χ3v) is 5.42. The van der Waals surface area contributed by atoms with E-state index in [9.17, 15) is 4.79 Å². The van der Waals surface area contributed by atoms with Gasteiger partial charge >= 0.3 is 0 Å². The average Bonchev–Trinajstić information content (AvgIpc) is 3.13. The Hall–Kier alpha value is -3.32. The highest BCUT2D eigenvalue weighted by Gasteiger charge is 2.17. The van der Waals surface area contributed by atoms with Crippen molar-refractivity contribution in [1.29, 1.82) is 0 Å². The molecule has 7 heteroatoms. The van der Waals surface area contributed by atoms with Gasteiger partial charge < -0.3 is 10.2 Å². The van der Waals surface area contributed by atoms with Crippen LogP contribution in [-0.2, 0) is 4.79 Å². The maximum Gasteiger partial charge on any atom is 0.211 e. The highest BCUT2D eigenvalue weighted by atomic mass is 32.2. The number of aromatic nitrogens is 3. The quantitative estimate of drug-likeness (QED) is 0.381. The number of rotatable bonds is 6. The second-order valence-corrected chi connectivity index (χ2v) is 7.54. The summed E-state index contributed by atoms with van der Waals surface area (Å²) in [5, 5.41) is 2.76. The number of amides is 1. The Morgan fingerprint density at radius 3 is 2.52 bits per heavy atom. The van der Waals surface area contributed by atoms with Crippen LogP contribution in [0.1, 0.15) is 0 Å². The van der Waals surface area contributed by atoms with Gasteiger partial charge in [-0.15, -0.1) is 11.8 Å². The molecule has 0 aliphatic heterocycles. The van der Waals surface area contributed by atoms with Gasteiger partial charge in [0.15, 0.2) is 5.65 Å². The normalized spacial score (nSPS) is 10.9. The van der Waals surface area contributed by atoms with E-state index in [2.05, 4.69) is 9.88 Å². The number of nitrogens with one attached hydrogen (secondary N) is 1. The summed E-state index contributed by atoms with van der Waals surface area (Å²) >= 11 is 1.58. The fourth-order valence-electron chi connectivity index (χ4n) is 3.22.